The minimum Gasteiger partial charge on any atom is -0.481 e. The van der Waals surface area contributed by atoms with Crippen LogP contribution in [0.15, 0.2) is 22.2 Å². The molecule has 1 aromatic rings. The van der Waals surface area contributed by atoms with Crippen molar-refractivity contribution < 1.29 is 9.90 Å². The monoisotopic (exact) mass is 282 g/mol. The van der Waals surface area contributed by atoms with Gasteiger partial charge < -0.3 is 9.67 Å². The van der Waals surface area contributed by atoms with Crippen LogP contribution in [-0.2, 0) is 4.79 Å². The molecular weight excluding hydrogens is 264 g/mol. The first-order valence-electron chi connectivity index (χ1n) is 6.51. The summed E-state index contributed by atoms with van der Waals surface area (Å²) in [6.45, 7) is 2.20. The molecule has 1 fully saturated rings. The number of aromatic nitrogens is 2. The van der Waals surface area contributed by atoms with Crippen LogP contribution < -0.4 is 5.56 Å². The lowest BCUT2D eigenvalue weighted by atomic mass is 9.86. The molecule has 19 heavy (non-hydrogen) atoms. The summed E-state index contributed by atoms with van der Waals surface area (Å²) in [5, 5.41) is 9.28. The predicted molar refractivity (Wildman–Crippen MR) is 73.5 cm³/mol. The van der Waals surface area contributed by atoms with Crippen LogP contribution in [0.2, 0.25) is 0 Å². The summed E-state index contributed by atoms with van der Waals surface area (Å²) in [7, 11) is 0. The van der Waals surface area contributed by atoms with Gasteiger partial charge in [-0.2, -0.15) is 4.98 Å². The summed E-state index contributed by atoms with van der Waals surface area (Å²) in [5.74, 6) is -0.439. The first-order chi connectivity index (χ1) is 9.08. The van der Waals surface area contributed by atoms with Gasteiger partial charge in [0.2, 0.25) is 0 Å². The van der Waals surface area contributed by atoms with Crippen LogP contribution >= 0.6 is 11.8 Å². The van der Waals surface area contributed by atoms with E-state index in [1.54, 1.807) is 6.20 Å². The quantitative estimate of drug-likeness (QED) is 0.677. The van der Waals surface area contributed by atoms with Crippen LogP contribution in [0, 0.1) is 5.92 Å². The van der Waals surface area contributed by atoms with E-state index in [0.717, 1.165) is 18.2 Å². The van der Waals surface area contributed by atoms with Gasteiger partial charge in [-0.05, 0) is 18.8 Å². The summed E-state index contributed by atoms with van der Waals surface area (Å²) >= 11 is 1.12. The maximum absolute atomic E-state index is 11.4. The second kappa shape index (κ2) is 6.23. The summed E-state index contributed by atoms with van der Waals surface area (Å²) in [5.41, 5.74) is -0.312. The van der Waals surface area contributed by atoms with Crippen LogP contribution in [0.1, 0.15) is 38.6 Å². The number of thioether (sulfide) groups is 1. The lowest BCUT2D eigenvalue weighted by Gasteiger charge is -2.31. The highest BCUT2D eigenvalue weighted by molar-refractivity contribution is 7.99. The Hall–Kier alpha value is -1.30. The molecule has 1 aromatic heterocycles. The number of hydrogen-bond acceptors (Lipinski definition) is 4. The Balaban J connectivity index is 2.27. The van der Waals surface area contributed by atoms with Gasteiger partial charge in [-0.1, -0.05) is 31.5 Å². The van der Waals surface area contributed by atoms with Crippen LogP contribution in [0.5, 0.6) is 0 Å². The molecular formula is C13H18N2O3S. The van der Waals surface area contributed by atoms with Gasteiger partial charge in [-0.3, -0.25) is 9.59 Å². The van der Waals surface area contributed by atoms with Crippen molar-refractivity contribution in [2.75, 3.05) is 5.75 Å². The van der Waals surface area contributed by atoms with Crippen LogP contribution in [0.25, 0.3) is 0 Å². The van der Waals surface area contributed by atoms with E-state index in [-0.39, 0.29) is 11.3 Å². The van der Waals surface area contributed by atoms with Gasteiger partial charge in [0.05, 0.1) is 5.75 Å². The summed E-state index contributed by atoms with van der Waals surface area (Å²) in [4.78, 5) is 26.0. The minimum absolute atomic E-state index is 0.0719. The number of carboxylic acids is 1. The average Bonchev–Trinajstić information content (AvgIpc) is 2.37. The van der Waals surface area contributed by atoms with Crippen LogP contribution in [-0.4, -0.2) is 26.4 Å². The maximum atomic E-state index is 11.4. The molecule has 0 bridgehead atoms. The zero-order valence-electron chi connectivity index (χ0n) is 10.9. The van der Waals surface area contributed by atoms with Crippen molar-refractivity contribution in [2.45, 2.75) is 43.8 Å². The minimum atomic E-state index is -0.897. The number of rotatable bonds is 4. The zero-order valence-corrected chi connectivity index (χ0v) is 11.7. The average molecular weight is 282 g/mol. The van der Waals surface area contributed by atoms with Crippen molar-refractivity contribution in [1.29, 1.82) is 0 Å². The third kappa shape index (κ3) is 3.59. The summed E-state index contributed by atoms with van der Waals surface area (Å²) in [6, 6.07) is 1.77. The van der Waals surface area contributed by atoms with E-state index in [4.69, 9.17) is 5.11 Å². The zero-order chi connectivity index (χ0) is 13.8. The summed E-state index contributed by atoms with van der Waals surface area (Å²) in [6.07, 6.45) is 6.39. The Morgan fingerprint density at radius 3 is 2.95 bits per heavy atom. The molecule has 1 saturated carbocycles. The lowest BCUT2D eigenvalue weighted by Crippen LogP contribution is -2.25. The van der Waals surface area contributed by atoms with E-state index < -0.39 is 5.97 Å². The van der Waals surface area contributed by atoms with Gasteiger partial charge in [0.15, 0.2) is 5.16 Å². The molecule has 0 amide bonds. The molecule has 2 rings (SSSR count). The van der Waals surface area contributed by atoms with Gasteiger partial charge in [0.25, 0.3) is 5.56 Å². The largest absolute Gasteiger partial charge is 0.481 e. The Labute approximate surface area is 116 Å². The number of nitrogens with zero attached hydrogens (tertiary/aromatic N) is 2. The standard InChI is InChI=1S/C13H18N2O3S/c1-9-4-2-3-5-10(9)15-7-6-11(16)14-13(15)19-8-12(17)18/h6-7,9-10H,2-5,8H2,1H3,(H,17,18). The topological polar surface area (TPSA) is 72.2 Å². The second-order valence-electron chi connectivity index (χ2n) is 4.97. The SMILES string of the molecule is CC1CCCCC1n1ccc(=O)nc1SCC(=O)O. The second-order valence-corrected chi connectivity index (χ2v) is 5.91. The molecule has 1 heterocycles. The van der Waals surface area contributed by atoms with Gasteiger partial charge in [-0.15, -0.1) is 0 Å². The van der Waals surface area contributed by atoms with Crippen molar-refractivity contribution in [2.24, 2.45) is 5.92 Å². The lowest BCUT2D eigenvalue weighted by molar-refractivity contribution is -0.133. The van der Waals surface area contributed by atoms with Gasteiger partial charge in [-0.25, -0.2) is 0 Å². The number of carboxylic acid groups (broad SMARTS) is 1. The predicted octanol–water partition coefficient (Wildman–Crippen LogP) is 2.17. The molecule has 2 unspecified atom stereocenters. The van der Waals surface area contributed by atoms with Crippen molar-refractivity contribution in [3.8, 4) is 0 Å². The van der Waals surface area contributed by atoms with E-state index in [9.17, 15) is 9.59 Å². The molecule has 1 aliphatic carbocycles. The smallest absolute Gasteiger partial charge is 0.313 e. The molecule has 0 aliphatic heterocycles. The molecule has 0 aromatic carbocycles. The van der Waals surface area contributed by atoms with E-state index in [1.807, 2.05) is 4.57 Å². The fourth-order valence-corrected chi connectivity index (χ4v) is 3.34. The molecule has 1 aliphatic rings. The van der Waals surface area contributed by atoms with Gasteiger partial charge in [0, 0.05) is 18.3 Å². The van der Waals surface area contributed by atoms with Crippen LogP contribution in [0.3, 0.4) is 0 Å². The first kappa shape index (κ1) is 14.1. The third-order valence-corrected chi connectivity index (χ3v) is 4.50. The van der Waals surface area contributed by atoms with Gasteiger partial charge in [0.1, 0.15) is 0 Å². The van der Waals surface area contributed by atoms with E-state index in [2.05, 4.69) is 11.9 Å². The van der Waals surface area contributed by atoms with Crippen molar-refractivity contribution in [3.63, 3.8) is 0 Å². The highest BCUT2D eigenvalue weighted by Gasteiger charge is 2.24. The molecule has 6 heteroatoms. The summed E-state index contributed by atoms with van der Waals surface area (Å²) < 4.78 is 1.98. The molecule has 0 saturated heterocycles. The normalized spacial score (nSPS) is 23.2. The highest BCUT2D eigenvalue weighted by atomic mass is 32.2. The highest BCUT2D eigenvalue weighted by Crippen LogP contribution is 2.35. The van der Waals surface area contributed by atoms with Crippen molar-refractivity contribution in [1.82, 2.24) is 9.55 Å². The van der Waals surface area contributed by atoms with E-state index in [0.29, 0.717) is 17.1 Å². The number of hydrogen-bond donors (Lipinski definition) is 1. The molecule has 5 nitrogen and oxygen atoms in total. The maximum Gasteiger partial charge on any atom is 0.313 e. The first-order valence-corrected chi connectivity index (χ1v) is 7.50. The fraction of sp³-hybridized carbons (Fsp3) is 0.615. The Morgan fingerprint density at radius 1 is 1.53 bits per heavy atom. The number of aliphatic carboxylic acids is 1. The molecule has 0 spiro atoms. The van der Waals surface area contributed by atoms with E-state index in [1.165, 1.54) is 25.3 Å². The molecule has 104 valence electrons. The molecule has 0 radical (unpaired) electrons. The Morgan fingerprint density at radius 2 is 2.26 bits per heavy atom. The Bertz CT molecular complexity index is 515. The number of carbonyl (C=O) groups is 1. The third-order valence-electron chi connectivity index (χ3n) is 3.55. The van der Waals surface area contributed by atoms with Crippen LogP contribution in [0.4, 0.5) is 0 Å². The van der Waals surface area contributed by atoms with Crippen molar-refractivity contribution in [3.05, 3.63) is 22.6 Å². The molecule has 2 atom stereocenters. The Kier molecular flexibility index (Phi) is 4.63. The molecule has 1 N–H and O–H groups in total. The van der Waals surface area contributed by atoms with E-state index >= 15 is 0 Å². The fourth-order valence-electron chi connectivity index (χ4n) is 2.59. The van der Waals surface area contributed by atoms with Crippen molar-refractivity contribution >= 4 is 17.7 Å². The van der Waals surface area contributed by atoms with Gasteiger partial charge >= 0.3 is 5.97 Å².